The molecule has 0 saturated carbocycles. The van der Waals surface area contributed by atoms with Gasteiger partial charge >= 0.3 is 0 Å². The van der Waals surface area contributed by atoms with Gasteiger partial charge in [0.05, 0.1) is 28.1 Å². The molecule has 0 aromatic heterocycles. The third-order valence-corrected chi connectivity index (χ3v) is 7.91. The number of nitrogen functional groups attached to an aromatic ring is 1. The van der Waals surface area contributed by atoms with E-state index in [1.807, 2.05) is 0 Å². The van der Waals surface area contributed by atoms with Crippen LogP contribution in [0.5, 0.6) is 0 Å². The highest BCUT2D eigenvalue weighted by Gasteiger charge is 2.33. The summed E-state index contributed by atoms with van der Waals surface area (Å²) in [7, 11) is -6.79. The monoisotopic (exact) mass is 460 g/mol. The van der Waals surface area contributed by atoms with E-state index in [9.17, 15) is 16.8 Å². The molecule has 1 heterocycles. The van der Waals surface area contributed by atoms with Crippen molar-refractivity contribution in [3.05, 3.63) is 21.1 Å². The minimum Gasteiger partial charge on any atom is -0.397 e. The first-order valence-corrected chi connectivity index (χ1v) is 11.0. The van der Waals surface area contributed by atoms with Crippen LogP contribution in [0.15, 0.2) is 21.1 Å². The predicted molar refractivity (Wildman–Crippen MR) is 90.5 cm³/mol. The van der Waals surface area contributed by atoms with Crippen LogP contribution in [0.4, 0.5) is 11.4 Å². The lowest BCUT2D eigenvalue weighted by Gasteiger charge is -2.23. The molecule has 0 spiro atoms. The second-order valence-corrected chi connectivity index (χ2v) is 10.9. The Balaban J connectivity index is 2.23. The molecule has 21 heavy (non-hydrogen) atoms. The van der Waals surface area contributed by atoms with Crippen molar-refractivity contribution in [1.82, 2.24) is 0 Å². The molecule has 0 bridgehead atoms. The fourth-order valence-corrected chi connectivity index (χ4v) is 6.92. The lowest BCUT2D eigenvalue weighted by atomic mass is 10.2. The van der Waals surface area contributed by atoms with E-state index in [1.54, 1.807) is 12.1 Å². The van der Waals surface area contributed by atoms with Crippen molar-refractivity contribution in [2.75, 3.05) is 22.0 Å². The lowest BCUT2D eigenvalue weighted by molar-refractivity contribution is 0.555. The van der Waals surface area contributed by atoms with Crippen LogP contribution in [0, 0.1) is 0 Å². The van der Waals surface area contributed by atoms with Crippen LogP contribution in [-0.4, -0.2) is 33.6 Å². The Labute approximate surface area is 140 Å². The molecule has 0 amide bonds. The second-order valence-electron chi connectivity index (χ2n) is 4.85. The smallest absolute Gasteiger partial charge is 0.235 e. The highest BCUT2D eigenvalue weighted by molar-refractivity contribution is 9.11. The quantitative estimate of drug-likeness (QED) is 0.670. The lowest BCUT2D eigenvalue weighted by Crippen LogP contribution is -2.36. The molecule has 1 aliphatic rings. The molecule has 1 saturated heterocycles. The van der Waals surface area contributed by atoms with E-state index in [0.717, 1.165) is 4.47 Å². The van der Waals surface area contributed by atoms with E-state index in [-0.39, 0.29) is 35.7 Å². The molecule has 0 atom stereocenters. The molecule has 10 heteroatoms. The highest BCUT2D eigenvalue weighted by Crippen LogP contribution is 2.34. The highest BCUT2D eigenvalue weighted by atomic mass is 79.9. The number of rotatable bonds is 3. The van der Waals surface area contributed by atoms with Crippen molar-refractivity contribution in [1.29, 1.82) is 0 Å². The van der Waals surface area contributed by atoms with E-state index in [4.69, 9.17) is 5.73 Å². The third kappa shape index (κ3) is 4.11. The summed E-state index contributed by atoms with van der Waals surface area (Å²) in [4.78, 5) is 0. The number of nitrogens with one attached hydrogen (secondary N) is 1. The fourth-order valence-electron chi connectivity index (χ4n) is 2.11. The van der Waals surface area contributed by atoms with Crippen molar-refractivity contribution in [2.45, 2.75) is 18.1 Å². The van der Waals surface area contributed by atoms with Crippen LogP contribution in [0.25, 0.3) is 0 Å². The third-order valence-electron chi connectivity index (χ3n) is 3.27. The summed E-state index contributed by atoms with van der Waals surface area (Å²) in [6.07, 6.45) is 0.206. The van der Waals surface area contributed by atoms with Crippen LogP contribution in [0.3, 0.4) is 0 Å². The van der Waals surface area contributed by atoms with Crippen LogP contribution < -0.4 is 10.5 Å². The SMILES string of the molecule is Nc1cc(Br)cc(Br)c1NS(=O)(=O)C1CCS(=O)(=O)CC1. The number of nitrogens with two attached hydrogens (primary N) is 1. The van der Waals surface area contributed by atoms with Crippen molar-refractivity contribution in [2.24, 2.45) is 0 Å². The molecule has 6 nitrogen and oxygen atoms in total. The Morgan fingerprint density at radius 3 is 2.29 bits per heavy atom. The molecule has 0 unspecified atom stereocenters. The van der Waals surface area contributed by atoms with Crippen LogP contribution in [-0.2, 0) is 19.9 Å². The number of halogens is 2. The van der Waals surface area contributed by atoms with E-state index in [0.29, 0.717) is 4.47 Å². The zero-order valence-corrected chi connectivity index (χ0v) is 15.6. The van der Waals surface area contributed by atoms with E-state index in [2.05, 4.69) is 36.6 Å². The van der Waals surface area contributed by atoms with Crippen molar-refractivity contribution >= 4 is 63.1 Å². The van der Waals surface area contributed by atoms with Crippen molar-refractivity contribution < 1.29 is 16.8 Å². The van der Waals surface area contributed by atoms with Gasteiger partial charge < -0.3 is 5.73 Å². The van der Waals surface area contributed by atoms with Gasteiger partial charge in [-0.05, 0) is 40.9 Å². The summed E-state index contributed by atoms with van der Waals surface area (Å²) in [5, 5.41) is -0.726. The van der Waals surface area contributed by atoms with Gasteiger partial charge in [-0.3, -0.25) is 4.72 Å². The Kier molecular flexibility index (Phi) is 4.91. The van der Waals surface area contributed by atoms with Gasteiger partial charge in [0.25, 0.3) is 0 Å². The molecule has 1 fully saturated rings. The van der Waals surface area contributed by atoms with Gasteiger partial charge in [0, 0.05) is 8.95 Å². The zero-order chi connectivity index (χ0) is 15.8. The minimum atomic E-state index is -3.68. The van der Waals surface area contributed by atoms with Gasteiger partial charge in [0.2, 0.25) is 10.0 Å². The predicted octanol–water partition coefficient (Wildman–Crippen LogP) is 2.11. The molecule has 0 radical (unpaired) electrons. The molecule has 118 valence electrons. The Bertz CT molecular complexity index is 725. The fraction of sp³-hybridized carbons (Fsp3) is 0.455. The number of benzene rings is 1. The molecular weight excluding hydrogens is 448 g/mol. The average molecular weight is 462 g/mol. The summed E-state index contributed by atoms with van der Waals surface area (Å²) < 4.78 is 51.2. The normalized spacial score (nSPS) is 19.3. The van der Waals surface area contributed by atoms with E-state index < -0.39 is 25.1 Å². The largest absolute Gasteiger partial charge is 0.397 e. The molecular formula is C11H14Br2N2O4S2. The topological polar surface area (TPSA) is 106 Å². The summed E-state index contributed by atoms with van der Waals surface area (Å²) in [5.74, 6) is -0.203. The van der Waals surface area contributed by atoms with Gasteiger partial charge in [0.15, 0.2) is 0 Å². The first kappa shape index (κ1) is 17.0. The Morgan fingerprint density at radius 2 is 1.76 bits per heavy atom. The van der Waals surface area contributed by atoms with Gasteiger partial charge in [0.1, 0.15) is 9.84 Å². The zero-order valence-electron chi connectivity index (χ0n) is 10.8. The summed E-state index contributed by atoms with van der Waals surface area (Å²) in [6, 6.07) is 3.27. The standard InChI is InChI=1S/C11H14Br2N2O4S2/c12-7-5-9(13)11(10(14)6-7)15-21(18,19)8-1-3-20(16,17)4-2-8/h5-6,8,15H,1-4,14H2. The van der Waals surface area contributed by atoms with Crippen LogP contribution in [0.2, 0.25) is 0 Å². The Hall–Kier alpha value is -0.320. The first-order chi connectivity index (χ1) is 9.61. The summed E-state index contributed by atoms with van der Waals surface area (Å²) >= 11 is 6.52. The number of anilines is 2. The van der Waals surface area contributed by atoms with Crippen LogP contribution in [0.1, 0.15) is 12.8 Å². The summed E-state index contributed by atoms with van der Waals surface area (Å²) in [6.45, 7) is 0. The number of hydrogen-bond acceptors (Lipinski definition) is 5. The average Bonchev–Trinajstić information content (AvgIpc) is 2.33. The van der Waals surface area contributed by atoms with Crippen LogP contribution >= 0.6 is 31.9 Å². The van der Waals surface area contributed by atoms with Gasteiger partial charge in [-0.1, -0.05) is 15.9 Å². The molecule has 1 aromatic rings. The second kappa shape index (κ2) is 6.05. The number of sulfone groups is 1. The first-order valence-electron chi connectivity index (χ1n) is 6.07. The van der Waals surface area contributed by atoms with Gasteiger partial charge in [-0.15, -0.1) is 0 Å². The van der Waals surface area contributed by atoms with Crippen molar-refractivity contribution in [3.8, 4) is 0 Å². The molecule has 1 aliphatic heterocycles. The maximum absolute atomic E-state index is 12.4. The maximum Gasteiger partial charge on any atom is 0.235 e. The van der Waals surface area contributed by atoms with E-state index >= 15 is 0 Å². The molecule has 1 aromatic carbocycles. The molecule has 3 N–H and O–H groups in total. The molecule has 2 rings (SSSR count). The number of sulfonamides is 1. The summed E-state index contributed by atoms with van der Waals surface area (Å²) in [5.41, 5.74) is 6.37. The van der Waals surface area contributed by atoms with Crippen molar-refractivity contribution in [3.63, 3.8) is 0 Å². The van der Waals surface area contributed by atoms with E-state index in [1.165, 1.54) is 0 Å². The maximum atomic E-state index is 12.4. The van der Waals surface area contributed by atoms with Gasteiger partial charge in [-0.2, -0.15) is 0 Å². The Morgan fingerprint density at radius 1 is 1.19 bits per heavy atom. The van der Waals surface area contributed by atoms with Gasteiger partial charge in [-0.25, -0.2) is 16.8 Å². The number of hydrogen-bond donors (Lipinski definition) is 2. The molecule has 0 aliphatic carbocycles. The minimum absolute atomic E-state index is 0.102.